The van der Waals surface area contributed by atoms with E-state index >= 15 is 0 Å². The van der Waals surface area contributed by atoms with Crippen molar-refractivity contribution < 1.29 is 9.59 Å². The number of halogens is 3. The van der Waals surface area contributed by atoms with Crippen molar-refractivity contribution in [2.45, 2.75) is 11.7 Å². The van der Waals surface area contributed by atoms with Crippen LogP contribution in [-0.2, 0) is 9.59 Å². The van der Waals surface area contributed by atoms with Gasteiger partial charge in [-0.3, -0.25) is 9.59 Å². The minimum Gasteiger partial charge on any atom is -0.377 e. The number of rotatable bonds is 4. The van der Waals surface area contributed by atoms with Gasteiger partial charge in [-0.1, -0.05) is 58.7 Å². The number of imide groups is 1. The molecule has 144 valence electrons. The van der Waals surface area contributed by atoms with E-state index in [0.29, 0.717) is 10.0 Å². The Hall–Kier alpha value is -2.06. The fourth-order valence-corrected chi connectivity index (χ4v) is 3.79. The van der Waals surface area contributed by atoms with Gasteiger partial charge < -0.3 is 5.73 Å². The first-order chi connectivity index (χ1) is 13.3. The van der Waals surface area contributed by atoms with E-state index in [0.717, 1.165) is 22.2 Å². The molecule has 1 heterocycles. The van der Waals surface area contributed by atoms with Crippen molar-refractivity contribution in [2.24, 2.45) is 15.9 Å². The van der Waals surface area contributed by atoms with E-state index in [4.69, 9.17) is 40.5 Å². The van der Waals surface area contributed by atoms with Crippen LogP contribution in [0, 0.1) is 0 Å². The van der Waals surface area contributed by atoms with Crippen molar-refractivity contribution in [3.8, 4) is 0 Å². The number of hydrogen-bond acceptors (Lipinski definition) is 5. The molecule has 2 N–H and O–H groups in total. The lowest BCUT2D eigenvalue weighted by Crippen LogP contribution is -2.32. The van der Waals surface area contributed by atoms with Crippen LogP contribution in [0.4, 0.5) is 5.69 Å². The lowest BCUT2D eigenvalue weighted by Gasteiger charge is -2.16. The highest BCUT2D eigenvalue weighted by molar-refractivity contribution is 8.14. The highest BCUT2D eigenvalue weighted by Gasteiger charge is 2.41. The largest absolute Gasteiger partial charge is 0.377 e. The van der Waals surface area contributed by atoms with Crippen LogP contribution < -0.4 is 10.6 Å². The highest BCUT2D eigenvalue weighted by atomic mass is 35.5. The molecular formula is C18H13Cl3N4O2S. The van der Waals surface area contributed by atoms with Gasteiger partial charge >= 0.3 is 0 Å². The van der Waals surface area contributed by atoms with E-state index in [1.165, 1.54) is 18.3 Å². The maximum absolute atomic E-state index is 12.7. The van der Waals surface area contributed by atoms with E-state index in [1.54, 1.807) is 30.3 Å². The third-order valence-corrected chi connectivity index (χ3v) is 5.53. The van der Waals surface area contributed by atoms with Crippen LogP contribution in [0.2, 0.25) is 15.1 Å². The number of amidine groups is 1. The molecule has 1 saturated heterocycles. The molecule has 1 aliphatic rings. The number of anilines is 1. The van der Waals surface area contributed by atoms with Crippen molar-refractivity contribution in [3.63, 3.8) is 0 Å². The quantitative estimate of drug-likeness (QED) is 0.321. The number of thioether (sulfide) groups is 1. The fraction of sp³-hybridized carbons (Fsp3) is 0.111. The molecule has 2 amide bonds. The van der Waals surface area contributed by atoms with Gasteiger partial charge in [0.25, 0.3) is 0 Å². The topological polar surface area (TPSA) is 88.1 Å². The van der Waals surface area contributed by atoms with Gasteiger partial charge in [0.1, 0.15) is 5.25 Å². The maximum atomic E-state index is 12.7. The molecule has 3 rings (SSSR count). The van der Waals surface area contributed by atoms with E-state index in [1.807, 2.05) is 0 Å². The number of carbonyl (C=O) groups excluding carboxylic acids is 2. The zero-order chi connectivity index (χ0) is 20.3. The van der Waals surface area contributed by atoms with Crippen LogP contribution in [-0.4, -0.2) is 28.4 Å². The zero-order valence-electron chi connectivity index (χ0n) is 14.2. The summed E-state index contributed by atoms with van der Waals surface area (Å²) >= 11 is 18.8. The Kier molecular flexibility index (Phi) is 6.61. The molecule has 6 nitrogen and oxygen atoms in total. The second-order valence-electron chi connectivity index (χ2n) is 5.71. The predicted octanol–water partition coefficient (Wildman–Crippen LogP) is 4.36. The Bertz CT molecular complexity index is 979. The molecule has 0 aromatic heterocycles. The Morgan fingerprint density at radius 3 is 2.50 bits per heavy atom. The van der Waals surface area contributed by atoms with Gasteiger partial charge in [0.05, 0.1) is 16.9 Å². The minimum atomic E-state index is -0.711. The summed E-state index contributed by atoms with van der Waals surface area (Å²) in [6.45, 7) is 0. The zero-order valence-corrected chi connectivity index (χ0v) is 17.3. The number of hydrogen-bond donors (Lipinski definition) is 1. The van der Waals surface area contributed by atoms with Gasteiger partial charge in [0.2, 0.25) is 11.8 Å². The average Bonchev–Trinajstić information content (AvgIpc) is 2.92. The Morgan fingerprint density at radius 1 is 1.11 bits per heavy atom. The molecule has 2 aromatic rings. The second-order valence-corrected chi connectivity index (χ2v) is 8.21. The molecule has 0 spiro atoms. The highest BCUT2D eigenvalue weighted by Crippen LogP contribution is 2.35. The second kappa shape index (κ2) is 8.96. The summed E-state index contributed by atoms with van der Waals surface area (Å²) in [4.78, 5) is 26.0. The molecule has 1 fully saturated rings. The first-order valence-corrected chi connectivity index (χ1v) is 9.97. The van der Waals surface area contributed by atoms with Crippen molar-refractivity contribution in [2.75, 3.05) is 4.90 Å². The van der Waals surface area contributed by atoms with E-state index in [9.17, 15) is 9.59 Å². The summed E-state index contributed by atoms with van der Waals surface area (Å²) in [6.07, 6.45) is 1.48. The Morgan fingerprint density at radius 2 is 1.79 bits per heavy atom. The van der Waals surface area contributed by atoms with Crippen molar-refractivity contribution in [3.05, 3.63) is 63.1 Å². The molecule has 0 unspecified atom stereocenters. The van der Waals surface area contributed by atoms with Gasteiger partial charge in [-0.25, -0.2) is 4.90 Å². The maximum Gasteiger partial charge on any atom is 0.247 e. The summed E-state index contributed by atoms with van der Waals surface area (Å²) in [7, 11) is 0. The SMILES string of the molecule is NC(=N/N=C\c1ccc(Cl)cc1)S[C@@H]1CC(=O)N(c2cc(Cl)ccc2Cl)C1=O. The summed E-state index contributed by atoms with van der Waals surface area (Å²) in [5.41, 5.74) is 6.88. The van der Waals surface area contributed by atoms with Gasteiger partial charge in [-0.15, -0.1) is 5.10 Å². The molecule has 10 heteroatoms. The molecule has 1 atom stereocenters. The first-order valence-electron chi connectivity index (χ1n) is 7.95. The van der Waals surface area contributed by atoms with Crippen LogP contribution in [0.25, 0.3) is 0 Å². The Balaban J connectivity index is 1.69. The van der Waals surface area contributed by atoms with Crippen molar-refractivity contribution in [1.82, 2.24) is 0 Å². The molecular weight excluding hydrogens is 443 g/mol. The smallest absolute Gasteiger partial charge is 0.247 e. The minimum absolute atomic E-state index is 0.0243. The van der Waals surface area contributed by atoms with Gasteiger partial charge in [0.15, 0.2) is 5.17 Å². The third-order valence-electron chi connectivity index (χ3n) is 3.75. The van der Waals surface area contributed by atoms with Crippen LogP contribution in [0.3, 0.4) is 0 Å². The molecule has 0 aliphatic carbocycles. The van der Waals surface area contributed by atoms with E-state index in [-0.39, 0.29) is 28.2 Å². The van der Waals surface area contributed by atoms with Crippen LogP contribution in [0.1, 0.15) is 12.0 Å². The van der Waals surface area contributed by atoms with Crippen LogP contribution in [0.5, 0.6) is 0 Å². The molecule has 0 saturated carbocycles. The van der Waals surface area contributed by atoms with Crippen LogP contribution >= 0.6 is 46.6 Å². The summed E-state index contributed by atoms with van der Waals surface area (Å²) in [6, 6.07) is 11.6. The Labute approximate surface area is 180 Å². The molecule has 0 radical (unpaired) electrons. The summed E-state index contributed by atoms with van der Waals surface area (Å²) in [5, 5.41) is 8.34. The van der Waals surface area contributed by atoms with Crippen molar-refractivity contribution in [1.29, 1.82) is 0 Å². The van der Waals surface area contributed by atoms with Gasteiger partial charge in [-0.05, 0) is 35.9 Å². The number of nitrogens with two attached hydrogens (primary N) is 1. The molecule has 1 aliphatic heterocycles. The number of nitrogens with zero attached hydrogens (tertiary/aromatic N) is 3. The number of benzene rings is 2. The lowest BCUT2D eigenvalue weighted by atomic mass is 10.2. The monoisotopic (exact) mass is 454 g/mol. The van der Waals surface area contributed by atoms with Crippen LogP contribution in [0.15, 0.2) is 52.7 Å². The third kappa shape index (κ3) is 4.86. The molecule has 0 bridgehead atoms. The van der Waals surface area contributed by atoms with Crippen molar-refractivity contribution >= 4 is 75.4 Å². The number of amides is 2. The first kappa shape index (κ1) is 20.7. The van der Waals surface area contributed by atoms with E-state index < -0.39 is 11.2 Å². The predicted molar refractivity (Wildman–Crippen MR) is 116 cm³/mol. The standard InChI is InChI=1S/C18H13Cl3N4O2S/c19-11-3-1-10(2-4-11)9-23-24-18(22)28-15-8-16(26)25(17(15)27)14-7-12(20)5-6-13(14)21/h1-7,9,15H,8H2,(H2,22,24)/b23-9-/t15-/m1/s1. The van der Waals surface area contributed by atoms with E-state index in [2.05, 4.69) is 10.2 Å². The fourth-order valence-electron chi connectivity index (χ4n) is 2.48. The lowest BCUT2D eigenvalue weighted by molar-refractivity contribution is -0.121. The van der Waals surface area contributed by atoms with Gasteiger partial charge in [0, 0.05) is 16.5 Å². The molecule has 2 aromatic carbocycles. The molecule has 28 heavy (non-hydrogen) atoms. The van der Waals surface area contributed by atoms with Gasteiger partial charge in [-0.2, -0.15) is 5.10 Å². The average molecular weight is 456 g/mol. The summed E-state index contributed by atoms with van der Waals surface area (Å²) in [5.74, 6) is -0.817. The normalized spacial score (nSPS) is 17.8. The number of carbonyl (C=O) groups is 2. The summed E-state index contributed by atoms with van der Waals surface area (Å²) < 4.78 is 0.